The number of Topliss-reactive ketones (excluding diaryl/α,β-unsaturated/α-hetero) is 1. The zero-order valence-corrected chi connectivity index (χ0v) is 35.8. The van der Waals surface area contributed by atoms with Crippen molar-refractivity contribution in [3.05, 3.63) is 11.6 Å². The smallest absolute Gasteiger partial charge is 0.335 e. The van der Waals surface area contributed by atoms with Gasteiger partial charge in [-0.2, -0.15) is 0 Å². The van der Waals surface area contributed by atoms with Crippen LogP contribution in [0.1, 0.15) is 92.4 Å². The summed E-state index contributed by atoms with van der Waals surface area (Å²) < 4.78 is 43.2. The summed E-state index contributed by atoms with van der Waals surface area (Å²) >= 11 is 0. The number of hydrogen-bond acceptors (Lipinski definition) is 16. The number of rotatable bonds is 6. The first-order chi connectivity index (χ1) is 28.8. The standard InChI is InChI=1S/C44H68O17/c1-18(2)12-20(45)13-19(3)23-6-7-24-22-15-28-26-14-21(8-10-44(26,5)25(22)9-11-43(23,24)4)57-42-38(34(51)33(50)36(59-42)39(53)54)61-41-37(30(47)27(46)16-56-41)60-40-35(52)32(49)31(48)29(58-40)17-55-28/h15,18-19,21,23-38,40-42,46-52H,6-14,16-17H2,1-5H3,(H,53,54)/t19-,21+,23-,24+,25+,26-,27+,28-,29-,30+,31+,32+,33+,34+,35-,36+,37-,38-,40+,41+,42-,43-,44-/m1/s1. The Bertz CT molecular complexity index is 1630. The third-order valence-corrected chi connectivity index (χ3v) is 16.2. The van der Waals surface area contributed by atoms with Crippen LogP contribution in [-0.2, 0) is 42.7 Å². The van der Waals surface area contributed by atoms with Crippen LogP contribution in [-0.4, -0.2) is 164 Å². The maximum atomic E-state index is 13.0. The van der Waals surface area contributed by atoms with E-state index in [1.165, 1.54) is 5.57 Å². The van der Waals surface area contributed by atoms with Gasteiger partial charge in [0.15, 0.2) is 25.0 Å². The average molecular weight is 869 g/mol. The highest BCUT2D eigenvalue weighted by Gasteiger charge is 2.61. The highest BCUT2D eigenvalue weighted by molar-refractivity contribution is 5.78. The molecule has 4 aliphatic heterocycles. The van der Waals surface area contributed by atoms with Gasteiger partial charge in [0.2, 0.25) is 0 Å². The van der Waals surface area contributed by atoms with E-state index in [-0.39, 0.29) is 41.1 Å². The van der Waals surface area contributed by atoms with Crippen LogP contribution in [0, 0.1) is 46.3 Å². The first-order valence-electron chi connectivity index (χ1n) is 22.5. The number of aliphatic hydroxyl groups excluding tert-OH is 7. The van der Waals surface area contributed by atoms with Crippen LogP contribution in [0.4, 0.5) is 0 Å². The van der Waals surface area contributed by atoms with Gasteiger partial charge in [-0.1, -0.05) is 46.3 Å². The van der Waals surface area contributed by atoms with Gasteiger partial charge >= 0.3 is 5.97 Å². The molecule has 0 radical (unpaired) electrons. The lowest BCUT2D eigenvalue weighted by molar-refractivity contribution is -0.386. The maximum Gasteiger partial charge on any atom is 0.335 e. The number of carbonyl (C=O) groups excluding carboxylic acids is 1. The second-order valence-electron chi connectivity index (χ2n) is 20.5. The Balaban J connectivity index is 1.14. The Kier molecular flexibility index (Phi) is 13.2. The van der Waals surface area contributed by atoms with Crippen molar-refractivity contribution in [1.82, 2.24) is 0 Å². The topological polar surface area (TPSA) is 261 Å². The second kappa shape index (κ2) is 17.6. The number of fused-ring (bicyclic) bond motifs is 9. The minimum absolute atomic E-state index is 0.0204. The van der Waals surface area contributed by atoms with Crippen LogP contribution in [0.5, 0.6) is 0 Å². The molecule has 346 valence electrons. The van der Waals surface area contributed by atoms with E-state index in [1.54, 1.807) is 0 Å². The van der Waals surface area contributed by atoms with Crippen molar-refractivity contribution < 1.29 is 83.6 Å². The number of carboxylic acids is 1. The van der Waals surface area contributed by atoms with E-state index in [4.69, 9.17) is 33.2 Å². The fraction of sp³-hybridized carbons (Fsp3) is 0.909. The van der Waals surface area contributed by atoms with Crippen molar-refractivity contribution in [3.63, 3.8) is 0 Å². The maximum absolute atomic E-state index is 13.0. The molecule has 0 unspecified atom stereocenters. The third-order valence-electron chi connectivity index (χ3n) is 16.2. The van der Waals surface area contributed by atoms with Crippen molar-refractivity contribution in [2.24, 2.45) is 46.3 Å². The number of allylic oxidation sites excluding steroid dienone is 1. The Hall–Kier alpha value is -1.68. The van der Waals surface area contributed by atoms with Gasteiger partial charge in [0, 0.05) is 12.8 Å². The molecule has 8 N–H and O–H groups in total. The minimum atomic E-state index is -1.96. The van der Waals surface area contributed by atoms with Gasteiger partial charge < -0.3 is 74.0 Å². The lowest BCUT2D eigenvalue weighted by Crippen LogP contribution is -2.66. The molecule has 23 atom stereocenters. The van der Waals surface area contributed by atoms with E-state index in [1.807, 2.05) is 0 Å². The third kappa shape index (κ3) is 8.30. The zero-order chi connectivity index (χ0) is 43.9. The van der Waals surface area contributed by atoms with E-state index in [0.717, 1.165) is 25.7 Å². The first kappa shape index (κ1) is 45.9. The minimum Gasteiger partial charge on any atom is -0.479 e. The summed E-state index contributed by atoms with van der Waals surface area (Å²) in [4.78, 5) is 25.3. The first-order valence-corrected chi connectivity index (χ1v) is 22.5. The molecular weight excluding hydrogens is 800 g/mol. The number of aliphatic carboxylic acids is 1. The van der Waals surface area contributed by atoms with Crippen LogP contribution in [0.25, 0.3) is 0 Å². The predicted molar refractivity (Wildman–Crippen MR) is 210 cm³/mol. The van der Waals surface area contributed by atoms with Crippen LogP contribution in [0.3, 0.4) is 0 Å². The number of hydrogen-bond donors (Lipinski definition) is 8. The van der Waals surface area contributed by atoms with Crippen molar-refractivity contribution in [2.75, 3.05) is 13.2 Å². The molecule has 61 heavy (non-hydrogen) atoms. The van der Waals surface area contributed by atoms with Crippen molar-refractivity contribution in [2.45, 2.75) is 191 Å². The van der Waals surface area contributed by atoms with Gasteiger partial charge in [-0.25, -0.2) is 4.79 Å². The zero-order valence-electron chi connectivity index (χ0n) is 35.8. The van der Waals surface area contributed by atoms with Gasteiger partial charge in [0.25, 0.3) is 0 Å². The second-order valence-corrected chi connectivity index (χ2v) is 20.5. The fourth-order valence-corrected chi connectivity index (χ4v) is 13.0. The highest BCUT2D eigenvalue weighted by atomic mass is 16.8. The largest absolute Gasteiger partial charge is 0.479 e. The van der Waals surface area contributed by atoms with Crippen molar-refractivity contribution in [3.8, 4) is 0 Å². The van der Waals surface area contributed by atoms with Crippen molar-refractivity contribution in [1.29, 1.82) is 0 Å². The quantitative estimate of drug-likeness (QED) is 0.172. The van der Waals surface area contributed by atoms with E-state index in [2.05, 4.69) is 40.7 Å². The molecule has 3 saturated carbocycles. The molecule has 17 heteroatoms. The Labute approximate surface area is 356 Å². The molecule has 8 aliphatic rings. The fourth-order valence-electron chi connectivity index (χ4n) is 13.0. The summed E-state index contributed by atoms with van der Waals surface area (Å²) in [6.45, 7) is 10.4. The molecule has 0 amide bonds. The highest BCUT2D eigenvalue weighted by Crippen LogP contribution is 2.67. The lowest BCUT2D eigenvalue weighted by atomic mass is 9.47. The molecule has 4 bridgehead atoms. The van der Waals surface area contributed by atoms with Crippen LogP contribution < -0.4 is 0 Å². The normalized spacial score (nSPS) is 51.9. The molecular formula is C44H68O17. The molecule has 0 spiro atoms. The van der Waals surface area contributed by atoms with E-state index in [0.29, 0.717) is 49.7 Å². The summed E-state index contributed by atoms with van der Waals surface area (Å²) in [5.41, 5.74) is 1.04. The molecule has 0 aromatic carbocycles. The lowest BCUT2D eigenvalue weighted by Gasteiger charge is -2.60. The Morgan fingerprint density at radius 1 is 0.689 bits per heavy atom. The molecule has 4 saturated heterocycles. The SMILES string of the molecule is CC(C)CC(=O)C[C@@H](C)[C@H]1CC[C@H]2C3=C[C@H]4OC[C@H]5O[C@@H](O[C@H]6[C@@H](OC[C@H](O)[C@@H]6O)O[C@H]6[C@H](O[C@H]7CC[C@@](C)([C@@H]4C7)[C@H]3CC[C@]12C)O[C@H](C(=O)O)[C@@H](O)[C@@H]6O)[C@H](O)[C@@H](O)[C@H]5O. The molecule has 7 fully saturated rings. The van der Waals surface area contributed by atoms with Gasteiger partial charge in [-0.05, 0) is 91.3 Å². The van der Waals surface area contributed by atoms with Crippen LogP contribution >= 0.6 is 0 Å². The molecule has 8 rings (SSSR count). The van der Waals surface area contributed by atoms with Crippen LogP contribution in [0.2, 0.25) is 0 Å². The molecule has 4 heterocycles. The molecule has 0 aromatic rings. The summed E-state index contributed by atoms with van der Waals surface area (Å²) in [6.07, 6.45) is -15.5. The monoisotopic (exact) mass is 868 g/mol. The summed E-state index contributed by atoms with van der Waals surface area (Å²) in [7, 11) is 0. The van der Waals surface area contributed by atoms with Gasteiger partial charge in [-0.3, -0.25) is 4.79 Å². The number of carbonyl (C=O) groups is 2. The Morgan fingerprint density at radius 2 is 1.38 bits per heavy atom. The summed E-state index contributed by atoms with van der Waals surface area (Å²) in [5.74, 6) is 0.0451. The van der Waals surface area contributed by atoms with Gasteiger partial charge in [-0.15, -0.1) is 0 Å². The average Bonchev–Trinajstić information content (AvgIpc) is 3.56. The summed E-state index contributed by atoms with van der Waals surface area (Å²) in [5, 5.41) is 87.4. The van der Waals surface area contributed by atoms with Crippen LogP contribution in [0.15, 0.2) is 11.6 Å². The number of aliphatic hydroxyl groups is 7. The predicted octanol–water partition coefficient (Wildman–Crippen LogP) is 0.788. The molecule has 17 nitrogen and oxygen atoms in total. The van der Waals surface area contributed by atoms with E-state index < -0.39 is 111 Å². The van der Waals surface area contributed by atoms with E-state index >= 15 is 0 Å². The van der Waals surface area contributed by atoms with Crippen molar-refractivity contribution >= 4 is 11.8 Å². The number of carboxylic acid groups (broad SMARTS) is 1. The number of ketones is 1. The molecule has 0 aromatic heterocycles. The Morgan fingerprint density at radius 3 is 2.10 bits per heavy atom. The van der Waals surface area contributed by atoms with Gasteiger partial charge in [0.05, 0.1) is 25.4 Å². The van der Waals surface area contributed by atoms with Gasteiger partial charge in [0.1, 0.15) is 66.8 Å². The summed E-state index contributed by atoms with van der Waals surface area (Å²) in [6, 6.07) is 0. The number of ether oxygens (including phenoxy) is 7. The molecule has 4 aliphatic carbocycles. The van der Waals surface area contributed by atoms with E-state index in [9.17, 15) is 50.4 Å².